The predicted molar refractivity (Wildman–Crippen MR) is 45.4 cm³/mol. The molecule has 0 aromatic carbocycles. The van der Waals surface area contributed by atoms with Crippen LogP contribution in [0.4, 0.5) is 0 Å². The molecule has 0 unspecified atom stereocenters. The van der Waals surface area contributed by atoms with Crippen molar-refractivity contribution in [3.63, 3.8) is 0 Å². The Kier molecular flexibility index (Phi) is 3.38. The predicted octanol–water partition coefficient (Wildman–Crippen LogP) is -0.726. The SMILES string of the molecule is CN(C)C=C([SiH3])N(C)C. The highest BCUT2D eigenvalue weighted by Crippen LogP contribution is 1.91. The first-order valence-electron chi connectivity index (χ1n) is 3.06. The lowest BCUT2D eigenvalue weighted by molar-refractivity contribution is 0.499. The summed E-state index contributed by atoms with van der Waals surface area (Å²) in [5.41, 5.74) is 0. The Morgan fingerprint density at radius 3 is 1.78 bits per heavy atom. The molecule has 0 aliphatic rings. The summed E-state index contributed by atoms with van der Waals surface area (Å²) in [6, 6.07) is 0. The number of hydrogen-bond acceptors (Lipinski definition) is 2. The van der Waals surface area contributed by atoms with Crippen molar-refractivity contribution in [2.75, 3.05) is 28.2 Å². The van der Waals surface area contributed by atoms with Gasteiger partial charge in [-0.15, -0.1) is 0 Å². The fraction of sp³-hybridized carbons (Fsp3) is 0.667. The molecule has 0 spiro atoms. The van der Waals surface area contributed by atoms with E-state index in [1.54, 1.807) is 0 Å². The van der Waals surface area contributed by atoms with Crippen LogP contribution in [0.1, 0.15) is 0 Å². The number of nitrogens with zero attached hydrogens (tertiary/aromatic N) is 2. The van der Waals surface area contributed by atoms with Crippen LogP contribution in [0.3, 0.4) is 0 Å². The Morgan fingerprint density at radius 2 is 1.67 bits per heavy atom. The molecule has 0 rings (SSSR count). The highest BCUT2D eigenvalue weighted by atomic mass is 28.1. The first kappa shape index (κ1) is 8.56. The second-order valence-electron chi connectivity index (χ2n) is 2.63. The molecule has 0 aliphatic heterocycles. The van der Waals surface area contributed by atoms with E-state index in [-0.39, 0.29) is 0 Å². The van der Waals surface area contributed by atoms with Crippen LogP contribution < -0.4 is 0 Å². The Labute approximate surface area is 60.6 Å². The molecule has 2 nitrogen and oxygen atoms in total. The Morgan fingerprint density at radius 1 is 1.22 bits per heavy atom. The van der Waals surface area contributed by atoms with E-state index in [9.17, 15) is 0 Å². The number of rotatable bonds is 2. The molecule has 9 heavy (non-hydrogen) atoms. The molecular weight excluding hydrogens is 128 g/mol. The molecule has 0 radical (unpaired) electrons. The van der Waals surface area contributed by atoms with Crippen LogP contribution in [0.5, 0.6) is 0 Å². The molecule has 3 heteroatoms. The van der Waals surface area contributed by atoms with E-state index in [4.69, 9.17) is 0 Å². The minimum atomic E-state index is 1.12. The van der Waals surface area contributed by atoms with E-state index < -0.39 is 0 Å². The topological polar surface area (TPSA) is 6.48 Å². The quantitative estimate of drug-likeness (QED) is 0.472. The van der Waals surface area contributed by atoms with Crippen LogP contribution in [0, 0.1) is 0 Å². The molecule has 0 aromatic rings. The molecule has 0 aromatic heterocycles. The fourth-order valence-electron chi connectivity index (χ4n) is 0.489. The lowest BCUT2D eigenvalue weighted by Gasteiger charge is -2.15. The largest absolute Gasteiger partial charge is 0.384 e. The average Bonchev–Trinajstić information content (AvgIpc) is 1.63. The molecule has 0 bridgehead atoms. The molecule has 0 atom stereocenters. The first-order chi connectivity index (χ1) is 4.04. The van der Waals surface area contributed by atoms with Gasteiger partial charge < -0.3 is 9.80 Å². The van der Waals surface area contributed by atoms with E-state index in [2.05, 4.69) is 30.1 Å². The summed E-state index contributed by atoms with van der Waals surface area (Å²) in [6.07, 6.45) is 2.15. The smallest absolute Gasteiger partial charge is 0.0609 e. The molecular formula is C6H16N2Si. The summed E-state index contributed by atoms with van der Waals surface area (Å²) in [6.45, 7) is 0. The van der Waals surface area contributed by atoms with Crippen molar-refractivity contribution >= 4 is 10.2 Å². The van der Waals surface area contributed by atoms with Crippen LogP contribution in [-0.4, -0.2) is 48.2 Å². The molecule has 54 valence electrons. The van der Waals surface area contributed by atoms with E-state index in [0.29, 0.717) is 0 Å². The zero-order valence-corrected chi connectivity index (χ0v) is 8.97. The minimum absolute atomic E-state index is 1.12. The molecule has 0 N–H and O–H groups in total. The maximum absolute atomic E-state index is 2.15. The van der Waals surface area contributed by atoms with Gasteiger partial charge in [-0.05, 0) is 0 Å². The van der Waals surface area contributed by atoms with E-state index in [1.165, 1.54) is 5.32 Å². The molecule has 0 saturated heterocycles. The van der Waals surface area contributed by atoms with Crippen molar-refractivity contribution in [3.05, 3.63) is 11.5 Å². The second kappa shape index (κ2) is 3.56. The van der Waals surface area contributed by atoms with Crippen LogP contribution >= 0.6 is 0 Å². The standard InChI is InChI=1S/C6H16N2Si/c1-7(2)5-6(9)8(3)4/h5H,1-4,9H3. The zero-order valence-electron chi connectivity index (χ0n) is 6.97. The van der Waals surface area contributed by atoms with Gasteiger partial charge in [-0.1, -0.05) is 0 Å². The van der Waals surface area contributed by atoms with E-state index in [1.807, 2.05) is 14.1 Å². The maximum Gasteiger partial charge on any atom is 0.0609 e. The average molecular weight is 144 g/mol. The third kappa shape index (κ3) is 4.09. The summed E-state index contributed by atoms with van der Waals surface area (Å²) in [5.74, 6) is 0. The van der Waals surface area contributed by atoms with Crippen molar-refractivity contribution in [2.45, 2.75) is 0 Å². The third-order valence-corrected chi connectivity index (χ3v) is 2.30. The van der Waals surface area contributed by atoms with Gasteiger partial charge >= 0.3 is 0 Å². The van der Waals surface area contributed by atoms with Crippen molar-refractivity contribution in [3.8, 4) is 0 Å². The van der Waals surface area contributed by atoms with Crippen molar-refractivity contribution in [1.29, 1.82) is 0 Å². The summed E-state index contributed by atoms with van der Waals surface area (Å²) in [4.78, 5) is 4.22. The Hall–Kier alpha value is -0.443. The Bertz CT molecular complexity index is 108. The van der Waals surface area contributed by atoms with Crippen LogP contribution in [0.2, 0.25) is 0 Å². The highest BCUT2D eigenvalue weighted by Gasteiger charge is 1.88. The second-order valence-corrected chi connectivity index (χ2v) is 3.65. The number of hydrogen-bond donors (Lipinski definition) is 0. The van der Waals surface area contributed by atoms with Gasteiger partial charge in [0.25, 0.3) is 0 Å². The Balaban J connectivity index is 3.84. The summed E-state index contributed by atoms with van der Waals surface area (Å²) < 4.78 is 0. The van der Waals surface area contributed by atoms with Gasteiger partial charge in [0, 0.05) is 39.7 Å². The van der Waals surface area contributed by atoms with Gasteiger partial charge in [0.1, 0.15) is 0 Å². The van der Waals surface area contributed by atoms with Gasteiger partial charge in [0.15, 0.2) is 0 Å². The van der Waals surface area contributed by atoms with Gasteiger partial charge in [-0.25, -0.2) is 0 Å². The molecule has 0 aliphatic carbocycles. The maximum atomic E-state index is 2.15. The monoisotopic (exact) mass is 144 g/mol. The summed E-state index contributed by atoms with van der Waals surface area (Å²) in [7, 11) is 9.35. The van der Waals surface area contributed by atoms with Crippen molar-refractivity contribution in [2.24, 2.45) is 0 Å². The van der Waals surface area contributed by atoms with Crippen LogP contribution in [0.25, 0.3) is 0 Å². The van der Waals surface area contributed by atoms with Gasteiger partial charge in [-0.2, -0.15) is 0 Å². The highest BCUT2D eigenvalue weighted by molar-refractivity contribution is 6.20. The van der Waals surface area contributed by atoms with Crippen LogP contribution in [0.15, 0.2) is 11.5 Å². The lowest BCUT2D eigenvalue weighted by Crippen LogP contribution is -2.14. The van der Waals surface area contributed by atoms with Crippen molar-refractivity contribution in [1.82, 2.24) is 9.80 Å². The third-order valence-electron chi connectivity index (χ3n) is 1.15. The van der Waals surface area contributed by atoms with Gasteiger partial charge in [-0.3, -0.25) is 0 Å². The van der Waals surface area contributed by atoms with Crippen molar-refractivity contribution < 1.29 is 0 Å². The lowest BCUT2D eigenvalue weighted by atomic mass is 10.7. The van der Waals surface area contributed by atoms with Crippen LogP contribution in [-0.2, 0) is 0 Å². The van der Waals surface area contributed by atoms with E-state index in [0.717, 1.165) is 10.2 Å². The summed E-state index contributed by atoms with van der Waals surface area (Å²) in [5, 5.41) is 1.40. The van der Waals surface area contributed by atoms with E-state index >= 15 is 0 Å². The fourth-order valence-corrected chi connectivity index (χ4v) is 1.01. The first-order valence-corrected chi connectivity index (χ1v) is 4.06. The summed E-state index contributed by atoms with van der Waals surface area (Å²) >= 11 is 0. The molecule has 0 heterocycles. The molecule has 0 amide bonds. The molecule has 0 saturated carbocycles. The molecule has 0 fully saturated rings. The van der Waals surface area contributed by atoms with Gasteiger partial charge in [0.2, 0.25) is 0 Å². The normalized spacial score (nSPS) is 11.8. The van der Waals surface area contributed by atoms with Gasteiger partial charge in [0.05, 0.1) is 10.2 Å². The minimum Gasteiger partial charge on any atom is -0.384 e. The zero-order chi connectivity index (χ0) is 7.44.